The minimum atomic E-state index is 0.187. The molecule has 0 bridgehead atoms. The van der Waals surface area contributed by atoms with Crippen LogP contribution in [0.5, 0.6) is 0 Å². The Hall–Kier alpha value is -1.04. The third-order valence-electron chi connectivity index (χ3n) is 3.28. The van der Waals surface area contributed by atoms with Crippen molar-refractivity contribution in [3.05, 3.63) is 47.0 Å². The summed E-state index contributed by atoms with van der Waals surface area (Å²) in [6.45, 7) is 19.8. The molecule has 0 aromatic heterocycles. The lowest BCUT2D eigenvalue weighted by molar-refractivity contribution is 0.564. The van der Waals surface area contributed by atoms with Gasteiger partial charge in [-0.1, -0.05) is 71.9 Å². The van der Waals surface area contributed by atoms with E-state index in [0.717, 1.165) is 6.42 Å². The van der Waals surface area contributed by atoms with E-state index in [4.69, 9.17) is 0 Å². The van der Waals surface area contributed by atoms with Crippen LogP contribution >= 0.6 is 0 Å². The molecule has 0 amide bonds. The molecule has 1 aromatic rings. The number of allylic oxidation sites excluding steroid dienone is 1. The predicted octanol–water partition coefficient (Wildman–Crippen LogP) is 5.40. The van der Waals surface area contributed by atoms with Crippen LogP contribution in [-0.2, 0) is 17.3 Å². The van der Waals surface area contributed by atoms with Crippen molar-refractivity contribution in [2.24, 2.45) is 0 Å². The minimum Gasteiger partial charge on any atom is -0.0998 e. The van der Waals surface area contributed by atoms with Gasteiger partial charge in [-0.05, 0) is 40.9 Å². The Morgan fingerprint density at radius 2 is 1.56 bits per heavy atom. The van der Waals surface area contributed by atoms with Gasteiger partial charge < -0.3 is 0 Å². The highest BCUT2D eigenvalue weighted by Crippen LogP contribution is 2.32. The molecule has 0 aliphatic rings. The summed E-state index contributed by atoms with van der Waals surface area (Å²) in [4.78, 5) is 0. The third-order valence-corrected chi connectivity index (χ3v) is 3.28. The first-order valence-electron chi connectivity index (χ1n) is 6.80. The molecule has 100 valence electrons. The average Bonchev–Trinajstić information content (AvgIpc) is 2.13. The minimum absolute atomic E-state index is 0.187. The van der Waals surface area contributed by atoms with E-state index >= 15 is 0 Å². The first-order chi connectivity index (χ1) is 8.01. The summed E-state index contributed by atoms with van der Waals surface area (Å²) in [5.41, 5.74) is 5.91. The van der Waals surface area contributed by atoms with Crippen molar-refractivity contribution in [2.45, 2.75) is 65.7 Å². The standard InChI is InChI=1S/C18H28/c1-13(2)11-14-9-10-15(17(3,4)5)12-16(14)18(6,7)8/h9-10,12H,1,11H2,2-8H3. The van der Waals surface area contributed by atoms with Gasteiger partial charge in [0.1, 0.15) is 0 Å². The van der Waals surface area contributed by atoms with Gasteiger partial charge in [-0.15, -0.1) is 0 Å². The fraction of sp³-hybridized carbons (Fsp3) is 0.556. The SMILES string of the molecule is C=C(C)Cc1ccc(C(C)(C)C)cc1C(C)(C)C. The molecule has 0 heteroatoms. The molecule has 0 aliphatic carbocycles. The van der Waals surface area contributed by atoms with Crippen LogP contribution in [0.15, 0.2) is 30.4 Å². The summed E-state index contributed by atoms with van der Waals surface area (Å²) in [6, 6.07) is 6.95. The largest absolute Gasteiger partial charge is 0.0998 e. The van der Waals surface area contributed by atoms with Crippen LogP contribution < -0.4 is 0 Å². The normalized spacial score (nSPS) is 12.6. The van der Waals surface area contributed by atoms with E-state index in [-0.39, 0.29) is 10.8 Å². The van der Waals surface area contributed by atoms with Crippen molar-refractivity contribution in [2.75, 3.05) is 0 Å². The van der Waals surface area contributed by atoms with Crippen LogP contribution in [0.1, 0.15) is 65.2 Å². The highest BCUT2D eigenvalue weighted by Gasteiger charge is 2.21. The Morgan fingerprint density at radius 1 is 1.00 bits per heavy atom. The maximum atomic E-state index is 4.04. The molecule has 0 saturated carbocycles. The van der Waals surface area contributed by atoms with Crippen LogP contribution in [0.25, 0.3) is 0 Å². The molecule has 0 heterocycles. The van der Waals surface area contributed by atoms with Gasteiger partial charge in [0, 0.05) is 0 Å². The van der Waals surface area contributed by atoms with E-state index in [0.29, 0.717) is 0 Å². The van der Waals surface area contributed by atoms with E-state index in [1.807, 2.05) is 0 Å². The van der Waals surface area contributed by atoms with E-state index in [1.54, 1.807) is 0 Å². The zero-order valence-electron chi connectivity index (χ0n) is 13.1. The van der Waals surface area contributed by atoms with Crippen molar-refractivity contribution in [1.82, 2.24) is 0 Å². The van der Waals surface area contributed by atoms with Gasteiger partial charge in [-0.2, -0.15) is 0 Å². The van der Waals surface area contributed by atoms with E-state index in [2.05, 4.69) is 73.2 Å². The van der Waals surface area contributed by atoms with E-state index < -0.39 is 0 Å². The van der Waals surface area contributed by atoms with Crippen molar-refractivity contribution in [3.8, 4) is 0 Å². The number of hydrogen-bond acceptors (Lipinski definition) is 0. The Balaban J connectivity index is 3.34. The first-order valence-corrected chi connectivity index (χ1v) is 6.80. The second-order valence-electron chi connectivity index (χ2n) is 7.51. The second kappa shape index (κ2) is 4.91. The fourth-order valence-corrected chi connectivity index (χ4v) is 2.22. The molecule has 0 radical (unpaired) electrons. The smallest absolute Gasteiger partial charge is 0.00696 e. The van der Waals surface area contributed by atoms with Crippen LogP contribution in [0.4, 0.5) is 0 Å². The maximum Gasteiger partial charge on any atom is -0.00696 e. The molecular formula is C18H28. The summed E-state index contributed by atoms with van der Waals surface area (Å²) in [5, 5.41) is 0. The molecule has 0 spiro atoms. The second-order valence-corrected chi connectivity index (χ2v) is 7.51. The van der Waals surface area contributed by atoms with Crippen LogP contribution in [0.2, 0.25) is 0 Å². The summed E-state index contributed by atoms with van der Waals surface area (Å²) >= 11 is 0. The van der Waals surface area contributed by atoms with E-state index in [1.165, 1.54) is 22.3 Å². The molecule has 18 heavy (non-hydrogen) atoms. The molecule has 0 nitrogen and oxygen atoms in total. The summed E-state index contributed by atoms with van der Waals surface area (Å²) in [7, 11) is 0. The Bertz CT molecular complexity index is 436. The molecule has 0 N–H and O–H groups in total. The van der Waals surface area contributed by atoms with Gasteiger partial charge in [0.25, 0.3) is 0 Å². The third kappa shape index (κ3) is 3.73. The van der Waals surface area contributed by atoms with Crippen molar-refractivity contribution >= 4 is 0 Å². The zero-order valence-corrected chi connectivity index (χ0v) is 13.1. The van der Waals surface area contributed by atoms with Crippen molar-refractivity contribution in [1.29, 1.82) is 0 Å². The van der Waals surface area contributed by atoms with Crippen molar-refractivity contribution < 1.29 is 0 Å². The Labute approximate surface area is 113 Å². The van der Waals surface area contributed by atoms with Gasteiger partial charge >= 0.3 is 0 Å². The van der Waals surface area contributed by atoms with Crippen molar-refractivity contribution in [3.63, 3.8) is 0 Å². The van der Waals surface area contributed by atoms with Crippen LogP contribution in [0, 0.1) is 0 Å². The fourth-order valence-electron chi connectivity index (χ4n) is 2.22. The summed E-state index contributed by atoms with van der Waals surface area (Å²) < 4.78 is 0. The molecule has 0 saturated heterocycles. The Morgan fingerprint density at radius 3 is 1.94 bits per heavy atom. The lowest BCUT2D eigenvalue weighted by Gasteiger charge is -2.27. The number of rotatable bonds is 2. The van der Waals surface area contributed by atoms with Crippen LogP contribution in [-0.4, -0.2) is 0 Å². The average molecular weight is 244 g/mol. The monoisotopic (exact) mass is 244 g/mol. The summed E-state index contributed by atoms with van der Waals surface area (Å²) in [5.74, 6) is 0. The predicted molar refractivity (Wildman–Crippen MR) is 82.4 cm³/mol. The number of hydrogen-bond donors (Lipinski definition) is 0. The molecule has 0 unspecified atom stereocenters. The first kappa shape index (κ1) is 15.0. The highest BCUT2D eigenvalue weighted by molar-refractivity contribution is 5.40. The number of benzene rings is 1. The van der Waals surface area contributed by atoms with E-state index in [9.17, 15) is 0 Å². The quantitative estimate of drug-likeness (QED) is 0.611. The van der Waals surface area contributed by atoms with Gasteiger partial charge in [-0.3, -0.25) is 0 Å². The maximum absolute atomic E-state index is 4.04. The molecule has 1 aromatic carbocycles. The zero-order chi connectivity index (χ0) is 14.1. The molecule has 0 fully saturated rings. The van der Waals surface area contributed by atoms with Gasteiger partial charge in [0.05, 0.1) is 0 Å². The lowest BCUT2D eigenvalue weighted by atomic mass is 9.77. The van der Waals surface area contributed by atoms with Gasteiger partial charge in [-0.25, -0.2) is 0 Å². The molecule has 0 aliphatic heterocycles. The molecule has 1 rings (SSSR count). The summed E-state index contributed by atoms with van der Waals surface area (Å²) in [6.07, 6.45) is 0.983. The highest BCUT2D eigenvalue weighted by atomic mass is 14.3. The lowest BCUT2D eigenvalue weighted by Crippen LogP contribution is -2.18. The molecular weight excluding hydrogens is 216 g/mol. The molecule has 0 atom stereocenters. The Kier molecular flexibility index (Phi) is 4.10. The van der Waals surface area contributed by atoms with Gasteiger partial charge in [0.2, 0.25) is 0 Å². The van der Waals surface area contributed by atoms with Crippen LogP contribution in [0.3, 0.4) is 0 Å². The van der Waals surface area contributed by atoms with Gasteiger partial charge in [0.15, 0.2) is 0 Å². The topological polar surface area (TPSA) is 0 Å².